The summed E-state index contributed by atoms with van der Waals surface area (Å²) in [5, 5.41) is 11.1. The third-order valence-corrected chi connectivity index (χ3v) is 2.86. The Hall–Kier alpha value is -2.35. The molecule has 0 aliphatic rings. The van der Waals surface area contributed by atoms with E-state index in [2.05, 4.69) is 10.1 Å². The number of rotatable bonds is 7. The second kappa shape index (κ2) is 8.70. The number of nitrogens with zero attached hydrogens (tertiary/aromatic N) is 1. The molecule has 0 saturated carbocycles. The fourth-order valence-electron chi connectivity index (χ4n) is 1.77. The summed E-state index contributed by atoms with van der Waals surface area (Å²) < 4.78 is 4.69. The molecule has 0 aromatic heterocycles. The topological polar surface area (TPSA) is 79.2 Å². The number of hydrogen-bond donors (Lipinski definition) is 1. The van der Waals surface area contributed by atoms with Crippen LogP contribution in [0.15, 0.2) is 30.3 Å². The monoisotopic (exact) mass is 274 g/mol. The van der Waals surface area contributed by atoms with E-state index in [1.807, 2.05) is 12.1 Å². The van der Waals surface area contributed by atoms with Crippen LogP contribution in [0.4, 0.5) is 0 Å². The summed E-state index contributed by atoms with van der Waals surface area (Å²) in [6.45, 7) is 0. The number of carbonyl (C=O) groups is 2. The summed E-state index contributed by atoms with van der Waals surface area (Å²) in [4.78, 5) is 23.6. The van der Waals surface area contributed by atoms with Crippen molar-refractivity contribution in [2.24, 2.45) is 0 Å². The molecule has 1 atom stereocenters. The van der Waals surface area contributed by atoms with E-state index in [1.54, 1.807) is 24.3 Å². The first-order chi connectivity index (χ1) is 9.69. The molecule has 1 N–H and O–H groups in total. The van der Waals surface area contributed by atoms with Gasteiger partial charge in [0, 0.05) is 12.0 Å². The van der Waals surface area contributed by atoms with Crippen LogP contribution in [0, 0.1) is 11.3 Å². The second-order valence-electron chi connectivity index (χ2n) is 4.32. The van der Waals surface area contributed by atoms with E-state index >= 15 is 0 Å². The van der Waals surface area contributed by atoms with E-state index in [9.17, 15) is 9.59 Å². The van der Waals surface area contributed by atoms with Crippen LogP contribution in [0.2, 0.25) is 0 Å². The van der Waals surface area contributed by atoms with E-state index in [0.29, 0.717) is 31.2 Å². The Morgan fingerprint density at radius 2 is 2.00 bits per heavy atom. The quantitative estimate of drug-likeness (QED) is 0.609. The number of ether oxygens (including phenoxy) is 1. The predicted molar refractivity (Wildman–Crippen MR) is 73.8 cm³/mol. The van der Waals surface area contributed by atoms with Gasteiger partial charge in [-0.2, -0.15) is 5.26 Å². The molecule has 0 unspecified atom stereocenters. The Labute approximate surface area is 118 Å². The van der Waals surface area contributed by atoms with Crippen LogP contribution in [0.1, 0.15) is 36.0 Å². The fourth-order valence-corrected chi connectivity index (χ4v) is 1.77. The smallest absolute Gasteiger partial charge is 0.328 e. The maximum absolute atomic E-state index is 12.0. The molecule has 0 heterocycles. The van der Waals surface area contributed by atoms with Gasteiger partial charge in [-0.3, -0.25) is 4.79 Å². The maximum Gasteiger partial charge on any atom is 0.328 e. The molecular weight excluding hydrogens is 256 g/mol. The molecular formula is C15H18N2O3. The van der Waals surface area contributed by atoms with Gasteiger partial charge in [-0.25, -0.2) is 4.79 Å². The molecule has 1 aromatic carbocycles. The first-order valence-electron chi connectivity index (χ1n) is 6.49. The van der Waals surface area contributed by atoms with E-state index in [0.717, 1.165) is 0 Å². The molecule has 1 aromatic rings. The van der Waals surface area contributed by atoms with Crippen molar-refractivity contribution in [1.82, 2.24) is 5.32 Å². The number of nitrogens with one attached hydrogen (secondary N) is 1. The molecule has 5 heteroatoms. The average Bonchev–Trinajstić information content (AvgIpc) is 2.50. The third-order valence-electron chi connectivity index (χ3n) is 2.86. The number of methoxy groups -OCH3 is 1. The molecule has 0 aliphatic heterocycles. The number of nitriles is 1. The van der Waals surface area contributed by atoms with Crippen molar-refractivity contribution in [3.63, 3.8) is 0 Å². The lowest BCUT2D eigenvalue weighted by Gasteiger charge is -2.16. The van der Waals surface area contributed by atoms with Crippen molar-refractivity contribution >= 4 is 11.9 Å². The predicted octanol–water partition coefficient (Wildman–Crippen LogP) is 2.04. The highest BCUT2D eigenvalue weighted by molar-refractivity contribution is 5.96. The summed E-state index contributed by atoms with van der Waals surface area (Å²) in [6, 6.07) is 10.1. The number of benzene rings is 1. The van der Waals surface area contributed by atoms with Gasteiger partial charge in [0.1, 0.15) is 6.04 Å². The van der Waals surface area contributed by atoms with Crippen LogP contribution >= 0.6 is 0 Å². The van der Waals surface area contributed by atoms with Crippen molar-refractivity contribution in [1.29, 1.82) is 5.26 Å². The number of hydrogen-bond acceptors (Lipinski definition) is 4. The molecule has 5 nitrogen and oxygen atoms in total. The lowest BCUT2D eigenvalue weighted by molar-refractivity contribution is -0.143. The summed E-state index contributed by atoms with van der Waals surface area (Å²) in [5.74, 6) is -0.771. The Bertz CT molecular complexity index is 480. The minimum atomic E-state index is -0.675. The van der Waals surface area contributed by atoms with Crippen molar-refractivity contribution in [2.75, 3.05) is 7.11 Å². The third kappa shape index (κ3) is 5.11. The highest BCUT2D eigenvalue weighted by Gasteiger charge is 2.21. The molecule has 106 valence electrons. The van der Waals surface area contributed by atoms with Gasteiger partial charge in [0.2, 0.25) is 0 Å². The van der Waals surface area contributed by atoms with Crippen LogP contribution in [0.25, 0.3) is 0 Å². The van der Waals surface area contributed by atoms with Crippen LogP contribution in [0.5, 0.6) is 0 Å². The number of esters is 1. The zero-order valence-electron chi connectivity index (χ0n) is 11.5. The summed E-state index contributed by atoms with van der Waals surface area (Å²) in [5.41, 5.74) is 0.499. The van der Waals surface area contributed by atoms with Gasteiger partial charge in [-0.05, 0) is 31.4 Å². The first kappa shape index (κ1) is 15.7. The lowest BCUT2D eigenvalue weighted by Crippen LogP contribution is -2.41. The van der Waals surface area contributed by atoms with Crippen molar-refractivity contribution in [3.8, 4) is 6.07 Å². The zero-order valence-corrected chi connectivity index (χ0v) is 11.5. The van der Waals surface area contributed by atoms with Crippen LogP contribution < -0.4 is 5.32 Å². The number of carbonyl (C=O) groups excluding carboxylic acids is 2. The van der Waals surface area contributed by atoms with Gasteiger partial charge in [0.25, 0.3) is 5.91 Å². The van der Waals surface area contributed by atoms with E-state index in [4.69, 9.17) is 5.26 Å². The first-order valence-corrected chi connectivity index (χ1v) is 6.49. The molecule has 0 saturated heterocycles. The highest BCUT2D eigenvalue weighted by Crippen LogP contribution is 2.07. The summed E-state index contributed by atoms with van der Waals surface area (Å²) in [7, 11) is 1.29. The van der Waals surface area contributed by atoms with Gasteiger partial charge in [0.15, 0.2) is 0 Å². The molecule has 0 aliphatic carbocycles. The SMILES string of the molecule is COC(=O)[C@H](CCCCC#N)NC(=O)c1ccccc1. The van der Waals surface area contributed by atoms with Crippen molar-refractivity contribution in [3.05, 3.63) is 35.9 Å². The van der Waals surface area contributed by atoms with Crippen molar-refractivity contribution < 1.29 is 14.3 Å². The van der Waals surface area contributed by atoms with E-state index in [1.165, 1.54) is 7.11 Å². The fraction of sp³-hybridized carbons (Fsp3) is 0.400. The maximum atomic E-state index is 12.0. The highest BCUT2D eigenvalue weighted by atomic mass is 16.5. The van der Waals surface area contributed by atoms with Gasteiger partial charge < -0.3 is 10.1 Å². The summed E-state index contributed by atoms with van der Waals surface area (Å²) in [6.07, 6.45) is 2.29. The standard InChI is InChI=1S/C15H18N2O3/c1-20-15(19)13(10-6-3-7-11-16)17-14(18)12-8-4-2-5-9-12/h2,4-5,8-9,13H,3,6-7,10H2,1H3,(H,17,18)/t13-/m0/s1. The van der Waals surface area contributed by atoms with E-state index < -0.39 is 12.0 Å². The van der Waals surface area contributed by atoms with Gasteiger partial charge in [-0.1, -0.05) is 18.2 Å². The Kier molecular flexibility index (Phi) is 6.83. The Morgan fingerprint density at radius 1 is 1.30 bits per heavy atom. The molecule has 20 heavy (non-hydrogen) atoms. The zero-order chi connectivity index (χ0) is 14.8. The molecule has 0 radical (unpaired) electrons. The Morgan fingerprint density at radius 3 is 2.60 bits per heavy atom. The van der Waals surface area contributed by atoms with E-state index in [-0.39, 0.29) is 5.91 Å². The molecule has 0 spiro atoms. The molecule has 0 bridgehead atoms. The average molecular weight is 274 g/mol. The van der Waals surface area contributed by atoms with Crippen LogP contribution in [0.3, 0.4) is 0 Å². The lowest BCUT2D eigenvalue weighted by atomic mass is 10.1. The molecule has 1 rings (SSSR count). The van der Waals surface area contributed by atoms with Crippen LogP contribution in [-0.2, 0) is 9.53 Å². The number of unbranched alkanes of at least 4 members (excludes halogenated alkanes) is 2. The van der Waals surface area contributed by atoms with Gasteiger partial charge in [-0.15, -0.1) is 0 Å². The normalized spacial score (nSPS) is 11.2. The number of amides is 1. The van der Waals surface area contributed by atoms with Crippen molar-refractivity contribution in [2.45, 2.75) is 31.7 Å². The largest absolute Gasteiger partial charge is 0.467 e. The summed E-state index contributed by atoms with van der Waals surface area (Å²) >= 11 is 0. The second-order valence-corrected chi connectivity index (χ2v) is 4.32. The Balaban J connectivity index is 2.58. The molecule has 0 fully saturated rings. The van der Waals surface area contributed by atoms with Gasteiger partial charge in [0.05, 0.1) is 13.2 Å². The minimum absolute atomic E-state index is 0.304. The minimum Gasteiger partial charge on any atom is -0.467 e. The van der Waals surface area contributed by atoms with Gasteiger partial charge >= 0.3 is 5.97 Å². The van der Waals surface area contributed by atoms with Crippen LogP contribution in [-0.4, -0.2) is 25.0 Å². The molecule has 1 amide bonds.